The normalized spacial score (nSPS) is 13.9. The van der Waals surface area contributed by atoms with Gasteiger partial charge in [-0.3, -0.25) is 4.79 Å². The fourth-order valence-electron chi connectivity index (χ4n) is 1.48. The summed E-state index contributed by atoms with van der Waals surface area (Å²) in [5.41, 5.74) is 0.0147. The maximum atomic E-state index is 11.3. The molecule has 0 saturated heterocycles. The van der Waals surface area contributed by atoms with Crippen LogP contribution in [0.1, 0.15) is 41.0 Å². The molecule has 0 aromatic rings. The Hall–Kier alpha value is -0.610. The van der Waals surface area contributed by atoms with Crippen LogP contribution in [0.4, 0.5) is 0 Å². The standard InChI is InChI=1S/C12H25NO3/c1-9(2)16-11(15)8-13-10(6-7-14)12(3,4)5/h9-10,13-14H,6-8H2,1-5H3. The Balaban J connectivity index is 4.07. The minimum absolute atomic E-state index is 0.0147. The quantitative estimate of drug-likeness (QED) is 0.677. The average Bonchev–Trinajstić information content (AvgIpc) is 2.08. The number of hydrogen-bond donors (Lipinski definition) is 2. The molecule has 96 valence electrons. The van der Waals surface area contributed by atoms with Crippen LogP contribution in [-0.4, -0.2) is 36.4 Å². The van der Waals surface area contributed by atoms with Crippen molar-refractivity contribution < 1.29 is 14.6 Å². The molecule has 4 heteroatoms. The predicted molar refractivity (Wildman–Crippen MR) is 64.2 cm³/mol. The summed E-state index contributed by atoms with van der Waals surface area (Å²) < 4.78 is 5.03. The van der Waals surface area contributed by atoms with Crippen LogP contribution < -0.4 is 5.32 Å². The second kappa shape index (κ2) is 6.86. The molecule has 0 aliphatic rings. The molecule has 0 aromatic carbocycles. The first kappa shape index (κ1) is 15.4. The number of nitrogens with one attached hydrogen (secondary N) is 1. The summed E-state index contributed by atoms with van der Waals surface area (Å²) >= 11 is 0. The average molecular weight is 231 g/mol. The van der Waals surface area contributed by atoms with Crippen molar-refractivity contribution in [3.05, 3.63) is 0 Å². The zero-order valence-electron chi connectivity index (χ0n) is 11.0. The van der Waals surface area contributed by atoms with E-state index in [4.69, 9.17) is 9.84 Å². The van der Waals surface area contributed by atoms with Crippen LogP contribution in [0.25, 0.3) is 0 Å². The zero-order valence-corrected chi connectivity index (χ0v) is 11.0. The molecule has 0 saturated carbocycles. The van der Waals surface area contributed by atoms with Crippen molar-refractivity contribution >= 4 is 5.97 Å². The van der Waals surface area contributed by atoms with Crippen LogP contribution in [0.2, 0.25) is 0 Å². The summed E-state index contributed by atoms with van der Waals surface area (Å²) in [5, 5.41) is 12.1. The first-order valence-corrected chi connectivity index (χ1v) is 5.81. The van der Waals surface area contributed by atoms with E-state index in [1.807, 2.05) is 13.8 Å². The Morgan fingerprint density at radius 3 is 2.31 bits per heavy atom. The van der Waals surface area contributed by atoms with E-state index >= 15 is 0 Å². The van der Waals surface area contributed by atoms with Crippen LogP contribution in [0.15, 0.2) is 0 Å². The predicted octanol–water partition coefficient (Wildman–Crippen LogP) is 1.32. The Morgan fingerprint density at radius 1 is 1.38 bits per heavy atom. The molecule has 0 aromatic heterocycles. The molecule has 16 heavy (non-hydrogen) atoms. The number of esters is 1. The highest BCUT2D eigenvalue weighted by Crippen LogP contribution is 2.21. The zero-order chi connectivity index (χ0) is 12.8. The minimum Gasteiger partial charge on any atom is -0.462 e. The summed E-state index contributed by atoms with van der Waals surface area (Å²) in [7, 11) is 0. The number of ether oxygens (including phenoxy) is 1. The third-order valence-corrected chi connectivity index (χ3v) is 2.32. The number of rotatable bonds is 6. The highest BCUT2D eigenvalue weighted by Gasteiger charge is 2.24. The topological polar surface area (TPSA) is 58.6 Å². The molecule has 0 bridgehead atoms. The van der Waals surface area contributed by atoms with Gasteiger partial charge in [-0.1, -0.05) is 20.8 Å². The molecule has 0 radical (unpaired) electrons. The van der Waals surface area contributed by atoms with Gasteiger partial charge in [-0.15, -0.1) is 0 Å². The fourth-order valence-corrected chi connectivity index (χ4v) is 1.48. The molecule has 0 amide bonds. The molecule has 0 aliphatic heterocycles. The Labute approximate surface area is 98.4 Å². The first-order valence-electron chi connectivity index (χ1n) is 5.81. The van der Waals surface area contributed by atoms with Gasteiger partial charge in [-0.25, -0.2) is 0 Å². The molecule has 0 rings (SSSR count). The highest BCUT2D eigenvalue weighted by molar-refractivity contribution is 5.71. The monoisotopic (exact) mass is 231 g/mol. The lowest BCUT2D eigenvalue weighted by Crippen LogP contribution is -2.43. The van der Waals surface area contributed by atoms with Gasteiger partial charge in [0.15, 0.2) is 0 Å². The SMILES string of the molecule is CC(C)OC(=O)CNC(CCO)C(C)(C)C. The third-order valence-electron chi connectivity index (χ3n) is 2.32. The van der Waals surface area contributed by atoms with Crippen molar-refractivity contribution in [1.29, 1.82) is 0 Å². The summed E-state index contributed by atoms with van der Waals surface area (Å²) in [6.07, 6.45) is 0.554. The van der Waals surface area contributed by atoms with Crippen LogP contribution >= 0.6 is 0 Å². The molecule has 1 unspecified atom stereocenters. The van der Waals surface area contributed by atoms with E-state index < -0.39 is 0 Å². The molecule has 0 fully saturated rings. The third kappa shape index (κ3) is 6.80. The Kier molecular flexibility index (Phi) is 6.60. The van der Waals surface area contributed by atoms with Crippen molar-refractivity contribution in [3.8, 4) is 0 Å². The van der Waals surface area contributed by atoms with E-state index in [1.54, 1.807) is 0 Å². The van der Waals surface area contributed by atoms with Gasteiger partial charge in [0.2, 0.25) is 0 Å². The van der Waals surface area contributed by atoms with E-state index in [0.29, 0.717) is 6.42 Å². The van der Waals surface area contributed by atoms with Crippen LogP contribution in [0.3, 0.4) is 0 Å². The lowest BCUT2D eigenvalue weighted by Gasteiger charge is -2.31. The van der Waals surface area contributed by atoms with Gasteiger partial charge in [-0.2, -0.15) is 0 Å². The molecule has 0 spiro atoms. The van der Waals surface area contributed by atoms with E-state index in [0.717, 1.165) is 0 Å². The van der Waals surface area contributed by atoms with Crippen molar-refractivity contribution in [2.45, 2.75) is 53.2 Å². The van der Waals surface area contributed by atoms with Gasteiger partial charge < -0.3 is 15.2 Å². The van der Waals surface area contributed by atoms with Gasteiger partial charge in [-0.05, 0) is 25.7 Å². The van der Waals surface area contributed by atoms with Gasteiger partial charge in [0.25, 0.3) is 0 Å². The lowest BCUT2D eigenvalue weighted by atomic mass is 9.85. The molecular weight excluding hydrogens is 206 g/mol. The minimum atomic E-state index is -0.248. The number of aliphatic hydroxyl groups excluding tert-OH is 1. The molecule has 1 atom stereocenters. The van der Waals surface area contributed by atoms with Gasteiger partial charge in [0.05, 0.1) is 12.6 Å². The summed E-state index contributed by atoms with van der Waals surface area (Å²) in [5.74, 6) is -0.248. The largest absolute Gasteiger partial charge is 0.462 e. The highest BCUT2D eigenvalue weighted by atomic mass is 16.5. The van der Waals surface area contributed by atoms with E-state index in [2.05, 4.69) is 26.1 Å². The summed E-state index contributed by atoms with van der Waals surface area (Å²) in [6.45, 7) is 10.2. The maximum Gasteiger partial charge on any atom is 0.320 e. The van der Waals surface area contributed by atoms with Crippen molar-refractivity contribution in [1.82, 2.24) is 5.32 Å². The van der Waals surface area contributed by atoms with E-state index in [9.17, 15) is 4.79 Å². The first-order chi connectivity index (χ1) is 7.27. The van der Waals surface area contributed by atoms with Gasteiger partial charge in [0, 0.05) is 12.6 Å². The lowest BCUT2D eigenvalue weighted by molar-refractivity contribution is -0.146. The molecular formula is C12H25NO3. The second-order valence-electron chi connectivity index (χ2n) is 5.35. The van der Waals surface area contributed by atoms with E-state index in [1.165, 1.54) is 0 Å². The van der Waals surface area contributed by atoms with Crippen LogP contribution in [-0.2, 0) is 9.53 Å². The maximum absolute atomic E-state index is 11.3. The van der Waals surface area contributed by atoms with Crippen LogP contribution in [0.5, 0.6) is 0 Å². The van der Waals surface area contributed by atoms with Crippen LogP contribution in [0, 0.1) is 5.41 Å². The smallest absolute Gasteiger partial charge is 0.320 e. The second-order valence-corrected chi connectivity index (χ2v) is 5.35. The van der Waals surface area contributed by atoms with Gasteiger partial charge in [0.1, 0.15) is 0 Å². The molecule has 0 aliphatic carbocycles. The van der Waals surface area contributed by atoms with Crippen molar-refractivity contribution in [2.75, 3.05) is 13.2 Å². The number of aliphatic hydroxyl groups is 1. The fraction of sp³-hybridized carbons (Fsp3) is 0.917. The summed E-state index contributed by atoms with van der Waals surface area (Å²) in [4.78, 5) is 11.3. The van der Waals surface area contributed by atoms with Crippen molar-refractivity contribution in [3.63, 3.8) is 0 Å². The number of carbonyl (C=O) groups is 1. The molecule has 2 N–H and O–H groups in total. The number of hydrogen-bond acceptors (Lipinski definition) is 4. The van der Waals surface area contributed by atoms with Crippen molar-refractivity contribution in [2.24, 2.45) is 5.41 Å². The molecule has 4 nitrogen and oxygen atoms in total. The number of carbonyl (C=O) groups excluding carboxylic acids is 1. The van der Waals surface area contributed by atoms with Gasteiger partial charge >= 0.3 is 5.97 Å². The summed E-state index contributed by atoms with van der Waals surface area (Å²) in [6, 6.07) is 0.109. The van der Waals surface area contributed by atoms with E-state index in [-0.39, 0.29) is 36.7 Å². The molecule has 0 heterocycles. The Bertz CT molecular complexity index is 209. The Morgan fingerprint density at radius 2 is 1.94 bits per heavy atom.